The van der Waals surface area contributed by atoms with Crippen LogP contribution >= 0.6 is 11.3 Å². The predicted molar refractivity (Wildman–Crippen MR) is 103 cm³/mol. The zero-order valence-electron chi connectivity index (χ0n) is 15.4. The summed E-state index contributed by atoms with van der Waals surface area (Å²) in [6.07, 6.45) is 3.50. The number of likely N-dealkylation sites (tertiary alicyclic amines) is 1. The van der Waals surface area contributed by atoms with E-state index in [1.165, 1.54) is 11.3 Å². The molecule has 1 amide bonds. The van der Waals surface area contributed by atoms with Gasteiger partial charge >= 0.3 is 5.97 Å². The van der Waals surface area contributed by atoms with Crippen molar-refractivity contribution >= 4 is 23.2 Å². The Balaban J connectivity index is 1.56. The number of thiazole rings is 1. The van der Waals surface area contributed by atoms with Crippen LogP contribution < -0.4 is 4.74 Å². The molecule has 1 aliphatic heterocycles. The molecular weight excluding hydrogens is 364 g/mol. The zero-order chi connectivity index (χ0) is 19.1. The van der Waals surface area contributed by atoms with Crippen LogP contribution in [0.4, 0.5) is 0 Å². The predicted octanol–water partition coefficient (Wildman–Crippen LogP) is 3.67. The first-order chi connectivity index (χ1) is 13.1. The number of ether oxygens (including phenoxy) is 2. The first-order valence-electron chi connectivity index (χ1n) is 9.23. The third-order valence-corrected chi connectivity index (χ3v) is 5.12. The number of carbonyl (C=O) groups is 2. The van der Waals surface area contributed by atoms with Crippen molar-refractivity contribution in [2.75, 3.05) is 13.1 Å². The monoisotopic (exact) mass is 388 g/mol. The van der Waals surface area contributed by atoms with Crippen LogP contribution in [0.15, 0.2) is 35.2 Å². The van der Waals surface area contributed by atoms with Crippen LogP contribution in [0.5, 0.6) is 5.75 Å². The van der Waals surface area contributed by atoms with E-state index in [0.717, 1.165) is 44.5 Å². The number of benzene rings is 1. The van der Waals surface area contributed by atoms with E-state index < -0.39 is 12.1 Å². The van der Waals surface area contributed by atoms with Crippen LogP contribution in [0, 0.1) is 0 Å². The van der Waals surface area contributed by atoms with Crippen LogP contribution in [-0.4, -0.2) is 41.0 Å². The van der Waals surface area contributed by atoms with Crippen LogP contribution in [0.1, 0.15) is 48.7 Å². The minimum Gasteiger partial charge on any atom is -0.487 e. The average Bonchev–Trinajstić information content (AvgIpc) is 3.06. The third kappa shape index (κ3) is 5.53. The fourth-order valence-electron chi connectivity index (χ4n) is 3.01. The summed E-state index contributed by atoms with van der Waals surface area (Å²) in [4.78, 5) is 30.9. The molecule has 1 aromatic heterocycles. The Morgan fingerprint density at radius 1 is 1.22 bits per heavy atom. The highest BCUT2D eigenvalue weighted by molar-refractivity contribution is 7.07. The van der Waals surface area contributed by atoms with Crippen molar-refractivity contribution in [3.8, 4) is 5.75 Å². The second-order valence-corrected chi connectivity index (χ2v) is 7.30. The van der Waals surface area contributed by atoms with E-state index in [9.17, 15) is 9.59 Å². The van der Waals surface area contributed by atoms with Gasteiger partial charge in [-0.3, -0.25) is 4.79 Å². The molecule has 1 unspecified atom stereocenters. The number of esters is 1. The van der Waals surface area contributed by atoms with Crippen LogP contribution in [0.3, 0.4) is 0 Å². The second kappa shape index (κ2) is 9.50. The van der Waals surface area contributed by atoms with Gasteiger partial charge in [0.2, 0.25) is 0 Å². The van der Waals surface area contributed by atoms with Gasteiger partial charge in [-0.15, -0.1) is 11.3 Å². The molecule has 0 bridgehead atoms. The molecule has 2 aromatic rings. The minimum absolute atomic E-state index is 0.124. The van der Waals surface area contributed by atoms with Gasteiger partial charge in [0.15, 0.2) is 6.10 Å². The fraction of sp³-hybridized carbons (Fsp3) is 0.450. The zero-order valence-corrected chi connectivity index (χ0v) is 16.2. The van der Waals surface area contributed by atoms with Crippen molar-refractivity contribution in [1.29, 1.82) is 0 Å². The summed E-state index contributed by atoms with van der Waals surface area (Å²) in [6.45, 7) is 3.45. The summed E-state index contributed by atoms with van der Waals surface area (Å²) in [6, 6.07) is 6.78. The molecular formula is C20H24N2O4S. The number of aromatic nitrogens is 1. The number of hydrogen-bond acceptors (Lipinski definition) is 6. The van der Waals surface area contributed by atoms with E-state index in [0.29, 0.717) is 17.9 Å². The number of amides is 1. The lowest BCUT2D eigenvalue weighted by molar-refractivity contribution is -0.139. The molecule has 0 spiro atoms. The minimum atomic E-state index is -0.796. The van der Waals surface area contributed by atoms with Crippen molar-refractivity contribution in [2.45, 2.75) is 45.3 Å². The van der Waals surface area contributed by atoms with Crippen molar-refractivity contribution in [1.82, 2.24) is 9.88 Å². The molecule has 0 radical (unpaired) electrons. The summed E-state index contributed by atoms with van der Waals surface area (Å²) in [5.74, 6) is -0.0880. The molecule has 6 nitrogen and oxygen atoms in total. The lowest BCUT2D eigenvalue weighted by atomic mass is 10.2. The van der Waals surface area contributed by atoms with Gasteiger partial charge in [0.05, 0.1) is 16.8 Å². The lowest BCUT2D eigenvalue weighted by Gasteiger charge is -2.24. The van der Waals surface area contributed by atoms with Crippen LogP contribution in [-0.2, 0) is 16.1 Å². The quantitative estimate of drug-likeness (QED) is 0.706. The molecule has 0 N–H and O–H groups in total. The highest BCUT2D eigenvalue weighted by atomic mass is 32.1. The molecule has 0 aliphatic carbocycles. The van der Waals surface area contributed by atoms with E-state index in [1.807, 2.05) is 5.38 Å². The van der Waals surface area contributed by atoms with Gasteiger partial charge in [-0.1, -0.05) is 18.9 Å². The first kappa shape index (κ1) is 19.4. The molecule has 1 aliphatic rings. The Labute approximate surface area is 163 Å². The third-order valence-electron chi connectivity index (χ3n) is 4.49. The molecule has 1 atom stereocenters. The summed E-state index contributed by atoms with van der Waals surface area (Å²) in [5, 5.41) is 1.91. The highest BCUT2D eigenvalue weighted by Gasteiger charge is 2.25. The number of carbonyl (C=O) groups excluding carboxylic acids is 2. The standard InChI is InChI=1S/C20H24N2O4S/c1-15(19(23)22-9-4-2-3-5-10-22)26-20(24)16-7-6-8-18(11-16)25-12-17-13-27-14-21-17/h6-8,11,13-15H,2-5,9-10,12H2,1H3. The average molecular weight is 388 g/mol. The fourth-order valence-corrected chi connectivity index (χ4v) is 3.55. The molecule has 7 heteroatoms. The van der Waals surface area contributed by atoms with Crippen molar-refractivity contribution in [2.24, 2.45) is 0 Å². The summed E-state index contributed by atoms with van der Waals surface area (Å²) in [5.41, 5.74) is 2.95. The number of hydrogen-bond donors (Lipinski definition) is 0. The lowest BCUT2D eigenvalue weighted by Crippen LogP contribution is -2.40. The van der Waals surface area contributed by atoms with E-state index in [4.69, 9.17) is 9.47 Å². The highest BCUT2D eigenvalue weighted by Crippen LogP contribution is 2.17. The smallest absolute Gasteiger partial charge is 0.339 e. The normalized spacial score (nSPS) is 15.7. The largest absolute Gasteiger partial charge is 0.487 e. The maximum atomic E-state index is 12.5. The van der Waals surface area contributed by atoms with Gasteiger partial charge in [0.25, 0.3) is 5.91 Å². The topological polar surface area (TPSA) is 68.7 Å². The molecule has 3 rings (SSSR count). The molecule has 1 saturated heterocycles. The van der Waals surface area contributed by atoms with Gasteiger partial charge < -0.3 is 14.4 Å². The Bertz CT molecular complexity index is 755. The molecule has 0 saturated carbocycles. The molecule has 1 aromatic carbocycles. The Morgan fingerprint density at radius 2 is 2.00 bits per heavy atom. The van der Waals surface area contributed by atoms with E-state index in [2.05, 4.69) is 4.98 Å². The van der Waals surface area contributed by atoms with Gasteiger partial charge in [-0.2, -0.15) is 0 Å². The summed E-state index contributed by atoms with van der Waals surface area (Å²) < 4.78 is 11.1. The van der Waals surface area contributed by atoms with Crippen LogP contribution in [0.2, 0.25) is 0 Å². The van der Waals surface area contributed by atoms with Crippen molar-refractivity contribution in [3.63, 3.8) is 0 Å². The maximum Gasteiger partial charge on any atom is 0.339 e. The number of rotatable bonds is 6. The Hall–Kier alpha value is -2.41. The maximum absolute atomic E-state index is 12.5. The van der Waals surface area contributed by atoms with E-state index in [1.54, 1.807) is 41.6 Å². The molecule has 144 valence electrons. The van der Waals surface area contributed by atoms with E-state index >= 15 is 0 Å². The summed E-state index contributed by atoms with van der Waals surface area (Å²) >= 11 is 1.50. The second-order valence-electron chi connectivity index (χ2n) is 6.58. The Morgan fingerprint density at radius 3 is 2.70 bits per heavy atom. The van der Waals surface area contributed by atoms with E-state index in [-0.39, 0.29) is 5.91 Å². The van der Waals surface area contributed by atoms with Gasteiger partial charge in [-0.25, -0.2) is 9.78 Å². The van der Waals surface area contributed by atoms with Crippen LogP contribution in [0.25, 0.3) is 0 Å². The van der Waals surface area contributed by atoms with Crippen molar-refractivity contribution < 1.29 is 19.1 Å². The van der Waals surface area contributed by atoms with Gasteiger partial charge in [-0.05, 0) is 38.0 Å². The van der Waals surface area contributed by atoms with Gasteiger partial charge in [0, 0.05) is 18.5 Å². The van der Waals surface area contributed by atoms with Gasteiger partial charge in [0.1, 0.15) is 12.4 Å². The molecule has 27 heavy (non-hydrogen) atoms. The van der Waals surface area contributed by atoms with Crippen molar-refractivity contribution in [3.05, 3.63) is 46.4 Å². The molecule has 2 heterocycles. The molecule has 1 fully saturated rings. The number of nitrogens with zero attached hydrogens (tertiary/aromatic N) is 2. The SMILES string of the molecule is CC(OC(=O)c1cccc(OCc2cscn2)c1)C(=O)N1CCCCCC1. The summed E-state index contributed by atoms with van der Waals surface area (Å²) in [7, 11) is 0. The first-order valence-corrected chi connectivity index (χ1v) is 10.2. The Kier molecular flexibility index (Phi) is 6.81.